The monoisotopic (exact) mass is 165 g/mol. The van der Waals surface area contributed by atoms with Gasteiger partial charge < -0.3 is 14.7 Å². The average Bonchev–Trinajstić information content (AvgIpc) is 1.78. The molecule has 2 N–H and O–H groups in total. The summed E-state index contributed by atoms with van der Waals surface area (Å²) in [6.07, 6.45) is -0.00810. The predicted molar refractivity (Wildman–Crippen MR) is 33.2 cm³/mol. The number of hydrogen-bond acceptors (Lipinski definition) is 2. The van der Waals surface area contributed by atoms with Gasteiger partial charge in [-0.2, -0.15) is 0 Å². The van der Waals surface area contributed by atoms with Gasteiger partial charge in [-0.1, -0.05) is 0 Å². The molecular formula is C4H8NO4P. The van der Waals surface area contributed by atoms with Crippen LogP contribution >= 0.6 is 7.60 Å². The van der Waals surface area contributed by atoms with E-state index >= 15 is 0 Å². The van der Waals surface area contributed by atoms with Crippen LogP contribution < -0.4 is 0 Å². The second-order valence-electron chi connectivity index (χ2n) is 2.21. The SMILES string of the molecule is O=C1CCN1CP(=O)(O)O. The number of likely N-dealkylation sites (tertiary alicyclic amines) is 1. The summed E-state index contributed by atoms with van der Waals surface area (Å²) in [5.41, 5.74) is 0. The lowest BCUT2D eigenvalue weighted by atomic mass is 10.2. The van der Waals surface area contributed by atoms with Gasteiger partial charge in [-0.15, -0.1) is 0 Å². The van der Waals surface area contributed by atoms with Gasteiger partial charge in [0.05, 0.1) is 0 Å². The third-order valence-electron chi connectivity index (χ3n) is 1.30. The molecule has 0 bridgehead atoms. The Bertz CT molecular complexity index is 197. The molecular weight excluding hydrogens is 157 g/mol. The largest absolute Gasteiger partial charge is 0.344 e. The van der Waals surface area contributed by atoms with Gasteiger partial charge in [0.15, 0.2) is 0 Å². The topological polar surface area (TPSA) is 77.8 Å². The summed E-state index contributed by atoms with van der Waals surface area (Å²) in [6, 6.07) is 0. The molecule has 0 aromatic heterocycles. The molecule has 0 radical (unpaired) electrons. The van der Waals surface area contributed by atoms with E-state index in [0.29, 0.717) is 13.0 Å². The van der Waals surface area contributed by atoms with Crippen LogP contribution in [0, 0.1) is 0 Å². The molecule has 1 amide bonds. The second-order valence-corrected chi connectivity index (χ2v) is 3.83. The van der Waals surface area contributed by atoms with Gasteiger partial charge in [0.25, 0.3) is 0 Å². The molecule has 1 aliphatic heterocycles. The zero-order valence-electron chi connectivity index (χ0n) is 5.23. The molecule has 1 rings (SSSR count). The number of carbonyl (C=O) groups excluding carboxylic acids is 1. The van der Waals surface area contributed by atoms with Crippen molar-refractivity contribution in [3.05, 3.63) is 0 Å². The number of β-lactam (4-membered cyclic amide) rings is 1. The van der Waals surface area contributed by atoms with E-state index in [1.165, 1.54) is 0 Å². The van der Waals surface area contributed by atoms with Crippen LogP contribution in [0.3, 0.4) is 0 Å². The molecule has 1 fully saturated rings. The van der Waals surface area contributed by atoms with Crippen LogP contribution in [0.4, 0.5) is 0 Å². The first-order valence-corrected chi connectivity index (χ1v) is 4.61. The summed E-state index contributed by atoms with van der Waals surface area (Å²) >= 11 is 0. The van der Waals surface area contributed by atoms with Gasteiger partial charge in [-0.3, -0.25) is 9.36 Å². The van der Waals surface area contributed by atoms with Crippen molar-refractivity contribution in [2.24, 2.45) is 0 Å². The van der Waals surface area contributed by atoms with Crippen molar-refractivity contribution in [1.82, 2.24) is 4.90 Å². The number of carbonyl (C=O) groups is 1. The van der Waals surface area contributed by atoms with E-state index in [2.05, 4.69) is 0 Å². The fourth-order valence-corrected chi connectivity index (χ4v) is 1.48. The number of amides is 1. The molecule has 0 saturated carbocycles. The van der Waals surface area contributed by atoms with Gasteiger partial charge in [-0.25, -0.2) is 0 Å². The molecule has 0 atom stereocenters. The number of rotatable bonds is 2. The Morgan fingerprint density at radius 1 is 1.60 bits per heavy atom. The lowest BCUT2D eigenvalue weighted by molar-refractivity contribution is -0.138. The maximum absolute atomic E-state index is 10.5. The minimum atomic E-state index is -4.02. The Balaban J connectivity index is 2.40. The van der Waals surface area contributed by atoms with Crippen LogP contribution in [0.2, 0.25) is 0 Å². The van der Waals surface area contributed by atoms with E-state index in [0.717, 1.165) is 4.90 Å². The molecule has 6 heteroatoms. The Hall–Kier alpha value is -0.380. The lowest BCUT2D eigenvalue weighted by Crippen LogP contribution is -2.43. The highest BCUT2D eigenvalue weighted by Gasteiger charge is 2.29. The summed E-state index contributed by atoms with van der Waals surface area (Å²) in [5.74, 6) is -0.177. The van der Waals surface area contributed by atoms with Gasteiger partial charge in [0, 0.05) is 13.0 Å². The molecule has 0 unspecified atom stereocenters. The second kappa shape index (κ2) is 2.34. The molecule has 58 valence electrons. The molecule has 0 aliphatic carbocycles. The first-order chi connectivity index (χ1) is 4.49. The van der Waals surface area contributed by atoms with E-state index in [1.807, 2.05) is 0 Å². The van der Waals surface area contributed by atoms with Crippen LogP contribution in [0.25, 0.3) is 0 Å². The van der Waals surface area contributed by atoms with Crippen molar-refractivity contribution in [3.8, 4) is 0 Å². The fraction of sp³-hybridized carbons (Fsp3) is 0.750. The lowest BCUT2D eigenvalue weighted by Gasteiger charge is -2.30. The van der Waals surface area contributed by atoms with Gasteiger partial charge >= 0.3 is 7.60 Å². The van der Waals surface area contributed by atoms with Crippen molar-refractivity contribution in [3.63, 3.8) is 0 Å². The molecule has 10 heavy (non-hydrogen) atoms. The van der Waals surface area contributed by atoms with Crippen molar-refractivity contribution < 1.29 is 19.1 Å². The fourth-order valence-electron chi connectivity index (χ4n) is 0.733. The maximum Gasteiger partial charge on any atom is 0.344 e. The summed E-state index contributed by atoms with van der Waals surface area (Å²) in [7, 11) is -4.02. The van der Waals surface area contributed by atoms with Gasteiger partial charge in [-0.05, 0) is 0 Å². The van der Waals surface area contributed by atoms with Crippen LogP contribution in [0.1, 0.15) is 6.42 Å². The molecule has 0 spiro atoms. The summed E-state index contributed by atoms with van der Waals surface area (Å²) in [6.45, 7) is 0.476. The Labute approximate surface area is 57.8 Å². The van der Waals surface area contributed by atoms with Crippen molar-refractivity contribution in [1.29, 1.82) is 0 Å². The minimum Gasteiger partial charge on any atom is -0.330 e. The van der Waals surface area contributed by atoms with Crippen LogP contribution in [-0.4, -0.2) is 33.4 Å². The zero-order valence-corrected chi connectivity index (χ0v) is 6.12. The smallest absolute Gasteiger partial charge is 0.330 e. The summed E-state index contributed by atoms with van der Waals surface area (Å²) in [5, 5.41) is 0. The zero-order chi connectivity index (χ0) is 7.78. The van der Waals surface area contributed by atoms with Crippen molar-refractivity contribution in [2.75, 3.05) is 12.8 Å². The van der Waals surface area contributed by atoms with E-state index in [-0.39, 0.29) is 5.91 Å². The first-order valence-electron chi connectivity index (χ1n) is 2.81. The van der Waals surface area contributed by atoms with Crippen LogP contribution in [0.5, 0.6) is 0 Å². The number of nitrogens with zero attached hydrogens (tertiary/aromatic N) is 1. The molecule has 5 nitrogen and oxygen atoms in total. The molecule has 1 saturated heterocycles. The van der Waals surface area contributed by atoms with Crippen LogP contribution in [-0.2, 0) is 9.36 Å². The maximum atomic E-state index is 10.5. The van der Waals surface area contributed by atoms with E-state index in [9.17, 15) is 9.36 Å². The Kier molecular flexibility index (Phi) is 1.81. The highest BCUT2D eigenvalue weighted by Crippen LogP contribution is 2.36. The summed E-state index contributed by atoms with van der Waals surface area (Å²) < 4.78 is 10.3. The molecule has 1 heterocycles. The molecule has 0 aromatic carbocycles. The first kappa shape index (κ1) is 7.72. The van der Waals surface area contributed by atoms with Crippen LogP contribution in [0.15, 0.2) is 0 Å². The minimum absolute atomic E-state index is 0.177. The van der Waals surface area contributed by atoms with E-state index in [1.54, 1.807) is 0 Å². The van der Waals surface area contributed by atoms with Gasteiger partial charge in [0.2, 0.25) is 5.91 Å². The Morgan fingerprint density at radius 3 is 2.30 bits per heavy atom. The van der Waals surface area contributed by atoms with Gasteiger partial charge in [0.1, 0.15) is 6.29 Å². The van der Waals surface area contributed by atoms with E-state index < -0.39 is 13.9 Å². The van der Waals surface area contributed by atoms with Crippen molar-refractivity contribution in [2.45, 2.75) is 6.42 Å². The average molecular weight is 165 g/mol. The number of hydrogen-bond donors (Lipinski definition) is 2. The molecule has 1 aliphatic rings. The third kappa shape index (κ3) is 1.80. The predicted octanol–water partition coefficient (Wildman–Crippen LogP) is -0.646. The normalized spacial score (nSPS) is 19.0. The highest BCUT2D eigenvalue weighted by atomic mass is 31.2. The van der Waals surface area contributed by atoms with Crippen molar-refractivity contribution >= 4 is 13.5 Å². The molecule has 0 aromatic rings. The Morgan fingerprint density at radius 2 is 2.20 bits per heavy atom. The highest BCUT2D eigenvalue weighted by molar-refractivity contribution is 7.51. The van der Waals surface area contributed by atoms with E-state index in [4.69, 9.17) is 9.79 Å². The third-order valence-corrected chi connectivity index (χ3v) is 2.01. The standard InChI is InChI=1S/C4H8NO4P/c6-4-1-2-5(4)3-10(7,8)9/h1-3H2,(H2,7,8,9). The summed E-state index contributed by atoms with van der Waals surface area (Å²) in [4.78, 5) is 28.4. The quantitative estimate of drug-likeness (QED) is 0.421.